The van der Waals surface area contributed by atoms with E-state index in [9.17, 15) is 4.79 Å². The molecule has 0 heterocycles. The average molecular weight is 398 g/mol. The molecule has 28 heavy (non-hydrogen) atoms. The summed E-state index contributed by atoms with van der Waals surface area (Å²) in [7, 11) is 0. The Balaban J connectivity index is 1.85. The molecule has 0 saturated carbocycles. The van der Waals surface area contributed by atoms with Gasteiger partial charge in [0.2, 0.25) is 5.91 Å². The number of anilines is 2. The lowest BCUT2D eigenvalue weighted by Gasteiger charge is -2.21. The highest BCUT2D eigenvalue weighted by molar-refractivity contribution is 7.80. The van der Waals surface area contributed by atoms with Gasteiger partial charge in [0.15, 0.2) is 5.11 Å². The minimum absolute atomic E-state index is 0.261. The minimum atomic E-state index is -0.286. The zero-order chi connectivity index (χ0) is 20.4. The maximum atomic E-state index is 12.1. The lowest BCUT2D eigenvalue weighted by Crippen LogP contribution is -2.32. The van der Waals surface area contributed by atoms with Crippen LogP contribution in [0, 0.1) is 0 Å². The summed E-state index contributed by atoms with van der Waals surface area (Å²) in [5.41, 5.74) is 2.89. The van der Waals surface area contributed by atoms with Crippen molar-refractivity contribution in [2.45, 2.75) is 20.8 Å². The molecule has 0 aromatic heterocycles. The number of amides is 1. The third kappa shape index (κ3) is 6.70. The summed E-state index contributed by atoms with van der Waals surface area (Å²) in [6.45, 7) is 8.73. The second-order valence-corrected chi connectivity index (χ2v) is 6.41. The summed E-state index contributed by atoms with van der Waals surface area (Å²) in [4.78, 5) is 14.3. The molecule has 0 aliphatic rings. The van der Waals surface area contributed by atoms with Gasteiger partial charge in [-0.05, 0) is 81.0 Å². The van der Waals surface area contributed by atoms with Crippen LogP contribution in [0.5, 0.6) is 5.75 Å². The predicted molar refractivity (Wildman–Crippen MR) is 121 cm³/mol. The number of hydrogen-bond donors (Lipinski definition) is 2. The van der Waals surface area contributed by atoms with Gasteiger partial charge < -0.3 is 15.0 Å². The summed E-state index contributed by atoms with van der Waals surface area (Å²) < 4.78 is 5.40. The molecule has 2 rings (SSSR count). The van der Waals surface area contributed by atoms with Crippen LogP contribution in [0.25, 0.3) is 6.08 Å². The number of carbonyl (C=O) groups excluding carboxylic acids is 1. The van der Waals surface area contributed by atoms with Gasteiger partial charge in [0.05, 0.1) is 6.61 Å². The van der Waals surface area contributed by atoms with Crippen LogP contribution in [0.3, 0.4) is 0 Å². The van der Waals surface area contributed by atoms with E-state index in [1.54, 1.807) is 6.08 Å². The average Bonchev–Trinajstić information content (AvgIpc) is 2.70. The summed E-state index contributed by atoms with van der Waals surface area (Å²) in [6, 6.07) is 15.5. The lowest BCUT2D eigenvalue weighted by molar-refractivity contribution is -0.115. The van der Waals surface area contributed by atoms with E-state index in [4.69, 9.17) is 17.0 Å². The lowest BCUT2D eigenvalue weighted by atomic mass is 10.2. The van der Waals surface area contributed by atoms with Crippen molar-refractivity contribution >= 4 is 40.7 Å². The molecule has 6 heteroatoms. The maximum absolute atomic E-state index is 12.1. The van der Waals surface area contributed by atoms with E-state index in [1.807, 2.05) is 55.5 Å². The van der Waals surface area contributed by atoms with Gasteiger partial charge in [-0.15, -0.1) is 0 Å². The van der Waals surface area contributed by atoms with Crippen LogP contribution in [-0.2, 0) is 4.79 Å². The Bertz CT molecular complexity index is 798. The van der Waals surface area contributed by atoms with Crippen LogP contribution in [0.4, 0.5) is 11.4 Å². The molecular formula is C22H27N3O2S. The van der Waals surface area contributed by atoms with Crippen molar-refractivity contribution in [3.05, 3.63) is 60.2 Å². The first-order valence-electron chi connectivity index (χ1n) is 9.43. The highest BCUT2D eigenvalue weighted by Crippen LogP contribution is 2.17. The molecular weight excluding hydrogens is 370 g/mol. The Morgan fingerprint density at radius 3 is 2.25 bits per heavy atom. The summed E-state index contributed by atoms with van der Waals surface area (Å²) in [6.07, 6.45) is 3.18. The third-order valence-electron chi connectivity index (χ3n) is 4.11. The summed E-state index contributed by atoms with van der Waals surface area (Å²) in [5, 5.41) is 5.94. The molecule has 0 spiro atoms. The zero-order valence-corrected chi connectivity index (χ0v) is 17.4. The molecule has 0 bridgehead atoms. The fraction of sp³-hybridized carbons (Fsp3) is 0.273. The van der Waals surface area contributed by atoms with Crippen LogP contribution in [-0.4, -0.2) is 30.7 Å². The number of hydrogen-bond acceptors (Lipinski definition) is 4. The monoisotopic (exact) mass is 397 g/mol. The van der Waals surface area contributed by atoms with Crippen molar-refractivity contribution in [3.8, 4) is 5.75 Å². The maximum Gasteiger partial charge on any atom is 0.250 e. The standard InChI is InChI=1S/C22H27N3O2S/c1-4-25(5-2)19-12-10-18(11-13-19)23-22(28)24-21(26)16-9-17-7-14-20(15-8-17)27-6-3/h7-16H,4-6H2,1-3H3,(H2,23,24,26,28)/b16-9+. The largest absolute Gasteiger partial charge is 0.494 e. The number of carbonyl (C=O) groups is 1. The molecule has 148 valence electrons. The molecule has 0 radical (unpaired) electrons. The summed E-state index contributed by atoms with van der Waals surface area (Å²) >= 11 is 5.22. The van der Waals surface area contributed by atoms with Gasteiger partial charge >= 0.3 is 0 Å². The molecule has 2 aromatic carbocycles. The first kappa shape index (κ1) is 21.4. The summed E-state index contributed by atoms with van der Waals surface area (Å²) in [5.74, 6) is 0.521. The quantitative estimate of drug-likeness (QED) is 0.509. The Morgan fingerprint density at radius 1 is 1.04 bits per heavy atom. The fourth-order valence-electron chi connectivity index (χ4n) is 2.67. The molecule has 1 amide bonds. The van der Waals surface area contributed by atoms with Gasteiger partial charge in [0.25, 0.3) is 0 Å². The van der Waals surface area contributed by atoms with Crippen LogP contribution in [0.2, 0.25) is 0 Å². The molecule has 0 saturated heterocycles. The van der Waals surface area contributed by atoms with E-state index in [-0.39, 0.29) is 11.0 Å². The Hall–Kier alpha value is -2.86. The Labute approximate surface area is 172 Å². The topological polar surface area (TPSA) is 53.6 Å². The third-order valence-corrected chi connectivity index (χ3v) is 4.31. The van der Waals surface area contributed by atoms with Crippen molar-refractivity contribution in [3.63, 3.8) is 0 Å². The van der Waals surface area contributed by atoms with Crippen molar-refractivity contribution in [1.29, 1.82) is 0 Å². The highest BCUT2D eigenvalue weighted by Gasteiger charge is 2.04. The SMILES string of the molecule is CCOc1ccc(/C=C/C(=O)NC(=S)Nc2ccc(N(CC)CC)cc2)cc1. The molecule has 0 atom stereocenters. The van der Waals surface area contributed by atoms with Gasteiger partial charge in [-0.3, -0.25) is 10.1 Å². The van der Waals surface area contributed by atoms with Gasteiger partial charge in [0, 0.05) is 30.5 Å². The predicted octanol–water partition coefficient (Wildman–Crippen LogP) is 4.46. The van der Waals surface area contributed by atoms with E-state index < -0.39 is 0 Å². The van der Waals surface area contributed by atoms with Crippen molar-refractivity contribution < 1.29 is 9.53 Å². The molecule has 0 fully saturated rings. The van der Waals surface area contributed by atoms with Gasteiger partial charge in [-0.25, -0.2) is 0 Å². The van der Waals surface area contributed by atoms with Crippen LogP contribution >= 0.6 is 12.2 Å². The number of thiocarbonyl (C=S) groups is 1. The van der Waals surface area contributed by atoms with Crippen molar-refractivity contribution in [2.75, 3.05) is 29.9 Å². The fourth-order valence-corrected chi connectivity index (χ4v) is 2.89. The van der Waals surface area contributed by atoms with E-state index in [1.165, 1.54) is 6.08 Å². The number of nitrogens with one attached hydrogen (secondary N) is 2. The molecule has 0 unspecified atom stereocenters. The van der Waals surface area contributed by atoms with E-state index in [0.717, 1.165) is 35.8 Å². The first-order chi connectivity index (χ1) is 13.5. The van der Waals surface area contributed by atoms with E-state index >= 15 is 0 Å². The molecule has 0 aliphatic carbocycles. The van der Waals surface area contributed by atoms with E-state index in [0.29, 0.717) is 6.61 Å². The zero-order valence-electron chi connectivity index (χ0n) is 16.6. The molecule has 0 aliphatic heterocycles. The first-order valence-corrected chi connectivity index (χ1v) is 9.84. The second kappa shape index (κ2) is 11.1. The second-order valence-electron chi connectivity index (χ2n) is 6.00. The molecule has 2 aromatic rings. The van der Waals surface area contributed by atoms with Gasteiger partial charge in [-0.1, -0.05) is 12.1 Å². The normalized spacial score (nSPS) is 10.5. The van der Waals surface area contributed by atoms with Gasteiger partial charge in [0.1, 0.15) is 5.75 Å². The Morgan fingerprint density at radius 2 is 1.68 bits per heavy atom. The van der Waals surface area contributed by atoms with E-state index in [2.05, 4.69) is 29.4 Å². The minimum Gasteiger partial charge on any atom is -0.494 e. The highest BCUT2D eigenvalue weighted by atomic mass is 32.1. The smallest absolute Gasteiger partial charge is 0.250 e. The Kier molecular flexibility index (Phi) is 8.49. The van der Waals surface area contributed by atoms with Crippen molar-refractivity contribution in [2.24, 2.45) is 0 Å². The van der Waals surface area contributed by atoms with Crippen LogP contribution in [0.15, 0.2) is 54.6 Å². The van der Waals surface area contributed by atoms with Crippen LogP contribution in [0.1, 0.15) is 26.3 Å². The van der Waals surface area contributed by atoms with Crippen molar-refractivity contribution in [1.82, 2.24) is 5.32 Å². The molecule has 2 N–H and O–H groups in total. The number of rotatable bonds is 8. The number of ether oxygens (including phenoxy) is 1. The number of nitrogens with zero attached hydrogens (tertiary/aromatic N) is 1. The van der Waals surface area contributed by atoms with Crippen LogP contribution < -0.4 is 20.3 Å². The number of benzene rings is 2. The molecule has 5 nitrogen and oxygen atoms in total. The van der Waals surface area contributed by atoms with Gasteiger partial charge in [-0.2, -0.15) is 0 Å².